The molecule has 0 aliphatic heterocycles. The summed E-state index contributed by atoms with van der Waals surface area (Å²) >= 11 is 0. The summed E-state index contributed by atoms with van der Waals surface area (Å²) in [5.41, 5.74) is 3.82. The van der Waals surface area contributed by atoms with Crippen LogP contribution in [0.15, 0.2) is 24.3 Å². The molecule has 104 valence electrons. The third kappa shape index (κ3) is 2.74. The minimum atomic E-state index is 0.398. The first-order valence-electron chi connectivity index (χ1n) is 7.01. The van der Waals surface area contributed by atoms with Gasteiger partial charge in [0.05, 0.1) is 0 Å². The fourth-order valence-electron chi connectivity index (χ4n) is 2.61. The summed E-state index contributed by atoms with van der Waals surface area (Å²) in [6.45, 7) is 2.36. The molecule has 0 bridgehead atoms. The molecule has 1 aromatic heterocycles. The van der Waals surface area contributed by atoms with Gasteiger partial charge in [-0.25, -0.2) is 9.97 Å². The topological polar surface area (TPSA) is 47.0 Å². The summed E-state index contributed by atoms with van der Waals surface area (Å²) < 4.78 is 5.82. The lowest BCUT2D eigenvalue weighted by atomic mass is 10.1. The number of nitrogens with one attached hydrogen (secondary N) is 1. The second-order valence-electron chi connectivity index (χ2n) is 5.13. The maximum absolute atomic E-state index is 5.82. The average Bonchev–Trinajstić information content (AvgIpc) is 2.92. The average molecular weight is 269 g/mol. The quantitative estimate of drug-likeness (QED) is 0.927. The lowest BCUT2D eigenvalue weighted by Gasteiger charge is -2.09. The number of hydrogen-bond donors (Lipinski definition) is 1. The molecular formula is C16H19N3O. The van der Waals surface area contributed by atoms with Crippen molar-refractivity contribution in [2.45, 2.75) is 32.8 Å². The van der Waals surface area contributed by atoms with E-state index in [1.54, 1.807) is 0 Å². The van der Waals surface area contributed by atoms with E-state index in [0.29, 0.717) is 12.4 Å². The molecule has 1 N–H and O–H groups in total. The molecule has 1 aliphatic carbocycles. The Morgan fingerprint density at radius 2 is 2.00 bits per heavy atom. The molecule has 0 fully saturated rings. The summed E-state index contributed by atoms with van der Waals surface area (Å²) in [6.07, 6.45) is 3.62. The second-order valence-corrected chi connectivity index (χ2v) is 5.13. The summed E-state index contributed by atoms with van der Waals surface area (Å²) in [7, 11) is 1.85. The van der Waals surface area contributed by atoms with E-state index in [0.717, 1.165) is 23.7 Å². The third-order valence-electron chi connectivity index (χ3n) is 3.59. The van der Waals surface area contributed by atoms with Gasteiger partial charge in [0.1, 0.15) is 18.2 Å². The Morgan fingerprint density at radius 1 is 1.15 bits per heavy atom. The summed E-state index contributed by atoms with van der Waals surface area (Å²) in [4.78, 5) is 8.79. The van der Waals surface area contributed by atoms with E-state index in [4.69, 9.17) is 4.74 Å². The number of anilines is 1. The van der Waals surface area contributed by atoms with Gasteiger partial charge in [-0.1, -0.05) is 6.07 Å². The Morgan fingerprint density at radius 3 is 2.85 bits per heavy atom. The number of aryl methyl sites for hydroxylation is 3. The Kier molecular flexibility index (Phi) is 3.54. The largest absolute Gasteiger partial charge is 0.486 e. The number of hydrogen-bond acceptors (Lipinski definition) is 4. The molecule has 4 nitrogen and oxygen atoms in total. The van der Waals surface area contributed by atoms with Crippen molar-refractivity contribution in [3.8, 4) is 5.75 Å². The van der Waals surface area contributed by atoms with Gasteiger partial charge in [-0.15, -0.1) is 0 Å². The Bertz CT molecular complexity index is 625. The van der Waals surface area contributed by atoms with E-state index < -0.39 is 0 Å². The predicted molar refractivity (Wildman–Crippen MR) is 79.1 cm³/mol. The standard InChI is InChI=1S/C16H19N3O/c1-11-8-15(17-2)19-16(18-11)10-20-14-7-6-12-4-3-5-13(12)9-14/h6-9H,3-5,10H2,1-2H3,(H,17,18,19). The first-order valence-corrected chi connectivity index (χ1v) is 7.01. The number of rotatable bonds is 4. The molecule has 1 aliphatic rings. The minimum Gasteiger partial charge on any atom is -0.486 e. The highest BCUT2D eigenvalue weighted by atomic mass is 16.5. The zero-order valence-electron chi connectivity index (χ0n) is 11.9. The molecule has 2 aromatic rings. The van der Waals surface area contributed by atoms with Gasteiger partial charge in [-0.3, -0.25) is 0 Å². The number of nitrogens with zero attached hydrogens (tertiary/aromatic N) is 2. The number of ether oxygens (including phenoxy) is 1. The lowest BCUT2D eigenvalue weighted by molar-refractivity contribution is 0.295. The van der Waals surface area contributed by atoms with Crippen LogP contribution in [0.3, 0.4) is 0 Å². The highest BCUT2D eigenvalue weighted by Crippen LogP contribution is 2.26. The van der Waals surface area contributed by atoms with Crippen molar-refractivity contribution in [3.05, 3.63) is 46.9 Å². The van der Waals surface area contributed by atoms with Crippen LogP contribution >= 0.6 is 0 Å². The van der Waals surface area contributed by atoms with Gasteiger partial charge >= 0.3 is 0 Å². The van der Waals surface area contributed by atoms with Crippen LogP contribution in [0.5, 0.6) is 5.75 Å². The molecule has 1 aromatic carbocycles. The molecule has 4 heteroatoms. The minimum absolute atomic E-state index is 0.398. The molecule has 20 heavy (non-hydrogen) atoms. The van der Waals surface area contributed by atoms with Crippen LogP contribution in [-0.2, 0) is 19.4 Å². The van der Waals surface area contributed by atoms with Crippen molar-refractivity contribution in [1.29, 1.82) is 0 Å². The molecule has 0 unspecified atom stereocenters. The molecule has 0 radical (unpaired) electrons. The van der Waals surface area contributed by atoms with Gasteiger partial charge in [0, 0.05) is 18.8 Å². The highest BCUT2D eigenvalue weighted by molar-refractivity contribution is 5.38. The summed E-state index contributed by atoms with van der Waals surface area (Å²) in [5, 5.41) is 3.03. The molecule has 0 spiro atoms. The van der Waals surface area contributed by atoms with E-state index >= 15 is 0 Å². The molecule has 0 saturated carbocycles. The van der Waals surface area contributed by atoms with Gasteiger partial charge in [0.25, 0.3) is 0 Å². The van der Waals surface area contributed by atoms with Crippen LogP contribution in [0.2, 0.25) is 0 Å². The van der Waals surface area contributed by atoms with Gasteiger partial charge < -0.3 is 10.1 Å². The van der Waals surface area contributed by atoms with Crippen molar-refractivity contribution in [2.24, 2.45) is 0 Å². The van der Waals surface area contributed by atoms with Crippen molar-refractivity contribution in [2.75, 3.05) is 12.4 Å². The van der Waals surface area contributed by atoms with Crippen molar-refractivity contribution >= 4 is 5.82 Å². The number of benzene rings is 1. The van der Waals surface area contributed by atoms with E-state index in [2.05, 4.69) is 27.4 Å². The fourth-order valence-corrected chi connectivity index (χ4v) is 2.61. The first-order chi connectivity index (χ1) is 9.74. The van der Waals surface area contributed by atoms with Crippen LogP contribution in [0.1, 0.15) is 29.1 Å². The predicted octanol–water partition coefficient (Wildman–Crippen LogP) is 2.89. The zero-order chi connectivity index (χ0) is 13.9. The normalized spacial score (nSPS) is 13.1. The van der Waals surface area contributed by atoms with E-state index in [9.17, 15) is 0 Å². The zero-order valence-corrected chi connectivity index (χ0v) is 11.9. The van der Waals surface area contributed by atoms with E-state index in [-0.39, 0.29) is 0 Å². The SMILES string of the molecule is CNc1cc(C)nc(COc2ccc3c(c2)CCC3)n1. The van der Waals surface area contributed by atoms with Crippen molar-refractivity contribution in [1.82, 2.24) is 9.97 Å². The second kappa shape index (κ2) is 5.49. The van der Waals surface area contributed by atoms with Gasteiger partial charge in [0.2, 0.25) is 0 Å². The lowest BCUT2D eigenvalue weighted by Crippen LogP contribution is -2.05. The number of aromatic nitrogens is 2. The van der Waals surface area contributed by atoms with Gasteiger partial charge in [-0.2, -0.15) is 0 Å². The molecule has 3 rings (SSSR count). The van der Waals surface area contributed by atoms with Crippen LogP contribution in [0.4, 0.5) is 5.82 Å². The third-order valence-corrected chi connectivity index (χ3v) is 3.59. The van der Waals surface area contributed by atoms with Crippen molar-refractivity contribution < 1.29 is 4.74 Å². The van der Waals surface area contributed by atoms with Crippen LogP contribution < -0.4 is 10.1 Å². The van der Waals surface area contributed by atoms with E-state index in [1.807, 2.05) is 26.1 Å². The Labute approximate surface area is 119 Å². The van der Waals surface area contributed by atoms with Crippen LogP contribution in [-0.4, -0.2) is 17.0 Å². The summed E-state index contributed by atoms with van der Waals surface area (Å²) in [6, 6.07) is 8.28. The maximum atomic E-state index is 5.82. The van der Waals surface area contributed by atoms with Gasteiger partial charge in [-0.05, 0) is 49.4 Å². The smallest absolute Gasteiger partial charge is 0.168 e. The Balaban J connectivity index is 1.71. The summed E-state index contributed by atoms with van der Waals surface area (Å²) in [5.74, 6) is 2.43. The molecular weight excluding hydrogens is 250 g/mol. The van der Waals surface area contributed by atoms with E-state index in [1.165, 1.54) is 24.0 Å². The maximum Gasteiger partial charge on any atom is 0.168 e. The van der Waals surface area contributed by atoms with Crippen LogP contribution in [0, 0.1) is 6.92 Å². The van der Waals surface area contributed by atoms with Crippen molar-refractivity contribution in [3.63, 3.8) is 0 Å². The molecule has 0 atom stereocenters. The number of fused-ring (bicyclic) bond motifs is 1. The van der Waals surface area contributed by atoms with Crippen LogP contribution in [0.25, 0.3) is 0 Å². The molecule has 0 saturated heterocycles. The van der Waals surface area contributed by atoms with Gasteiger partial charge in [0.15, 0.2) is 5.82 Å². The first kappa shape index (κ1) is 12.9. The Hall–Kier alpha value is -2.10. The molecule has 0 amide bonds. The molecule has 1 heterocycles. The monoisotopic (exact) mass is 269 g/mol. The fraction of sp³-hybridized carbons (Fsp3) is 0.375. The highest BCUT2D eigenvalue weighted by Gasteiger charge is 2.11.